The number of nitrogens with zero attached hydrogens (tertiary/aromatic N) is 5. The zero-order chi connectivity index (χ0) is 23.5. The van der Waals surface area contributed by atoms with Gasteiger partial charge in [-0.2, -0.15) is 5.10 Å². The molecular weight excluding hydrogens is 448 g/mol. The summed E-state index contributed by atoms with van der Waals surface area (Å²) >= 11 is 6.32. The van der Waals surface area contributed by atoms with Gasteiger partial charge in [0.1, 0.15) is 5.82 Å². The quantitative estimate of drug-likeness (QED) is 0.586. The topological polar surface area (TPSA) is 66.3 Å². The van der Waals surface area contributed by atoms with E-state index in [1.807, 2.05) is 37.4 Å². The zero-order valence-corrected chi connectivity index (χ0v) is 20.6. The number of amides is 1. The second kappa shape index (κ2) is 10.3. The molecule has 0 aliphatic carbocycles. The third-order valence-corrected chi connectivity index (χ3v) is 7.46. The Bertz CT molecular complexity index is 1150. The molecule has 0 bridgehead atoms. The minimum atomic E-state index is -0.112. The lowest BCUT2D eigenvalue weighted by atomic mass is 10.0. The van der Waals surface area contributed by atoms with Crippen molar-refractivity contribution in [3.05, 3.63) is 52.7 Å². The summed E-state index contributed by atoms with van der Waals surface area (Å²) in [5, 5.41) is 9.38. The summed E-state index contributed by atoms with van der Waals surface area (Å²) in [6, 6.07) is 12.2. The Balaban J connectivity index is 1.22. The third kappa shape index (κ3) is 5.05. The van der Waals surface area contributed by atoms with Gasteiger partial charge in [-0.15, -0.1) is 0 Å². The van der Waals surface area contributed by atoms with Crippen molar-refractivity contribution in [3.8, 4) is 0 Å². The molecule has 1 aromatic carbocycles. The SMILES string of the molecule is Cn1nc(C(=O)NC2CCN(Cc3ccccc3Cl)CC2)c2ccc(N3CCCCCC3)nc21. The predicted molar refractivity (Wildman–Crippen MR) is 136 cm³/mol. The molecule has 2 saturated heterocycles. The number of halogens is 1. The number of hydrogen-bond donors (Lipinski definition) is 1. The molecular formula is C26H33ClN6O. The van der Waals surface area contributed by atoms with Gasteiger partial charge in [-0.05, 0) is 49.4 Å². The van der Waals surface area contributed by atoms with E-state index in [2.05, 4.69) is 26.3 Å². The number of piperidine rings is 1. The summed E-state index contributed by atoms with van der Waals surface area (Å²) < 4.78 is 1.73. The smallest absolute Gasteiger partial charge is 0.272 e. The van der Waals surface area contributed by atoms with Gasteiger partial charge in [0.05, 0.1) is 5.39 Å². The molecule has 1 N–H and O–H groups in total. The number of benzene rings is 1. The number of aromatic nitrogens is 3. The summed E-state index contributed by atoms with van der Waals surface area (Å²) in [5.41, 5.74) is 2.38. The fourth-order valence-electron chi connectivity index (χ4n) is 5.12. The molecule has 1 amide bonds. The van der Waals surface area contributed by atoms with Crippen LogP contribution in [0.1, 0.15) is 54.6 Å². The van der Waals surface area contributed by atoms with E-state index >= 15 is 0 Å². The fourth-order valence-corrected chi connectivity index (χ4v) is 5.32. The minimum absolute atomic E-state index is 0.112. The number of aryl methyl sites for hydroxylation is 1. The Morgan fingerprint density at radius 2 is 1.76 bits per heavy atom. The molecule has 0 unspecified atom stereocenters. The molecule has 0 radical (unpaired) electrons. The van der Waals surface area contributed by atoms with Crippen molar-refractivity contribution in [2.45, 2.75) is 51.1 Å². The molecule has 0 spiro atoms. The van der Waals surface area contributed by atoms with E-state index in [4.69, 9.17) is 16.6 Å². The van der Waals surface area contributed by atoms with E-state index in [9.17, 15) is 4.79 Å². The van der Waals surface area contributed by atoms with Crippen molar-refractivity contribution in [2.75, 3.05) is 31.1 Å². The highest BCUT2D eigenvalue weighted by Gasteiger charge is 2.25. The molecule has 2 aliphatic rings. The van der Waals surface area contributed by atoms with Gasteiger partial charge in [0.2, 0.25) is 0 Å². The van der Waals surface area contributed by atoms with Crippen LogP contribution >= 0.6 is 11.6 Å². The number of likely N-dealkylation sites (tertiary alicyclic amines) is 1. The maximum atomic E-state index is 13.1. The van der Waals surface area contributed by atoms with Crippen LogP contribution in [0.2, 0.25) is 5.02 Å². The Hall–Kier alpha value is -2.64. The first-order chi connectivity index (χ1) is 16.6. The van der Waals surface area contributed by atoms with E-state index in [0.717, 1.165) is 73.0 Å². The first-order valence-corrected chi connectivity index (χ1v) is 12.8. The molecule has 5 rings (SSSR count). The second-order valence-electron chi connectivity index (χ2n) is 9.53. The van der Waals surface area contributed by atoms with Gasteiger partial charge in [0, 0.05) is 50.8 Å². The predicted octanol–water partition coefficient (Wildman–Crippen LogP) is 4.40. The normalized spacial score (nSPS) is 18.2. The van der Waals surface area contributed by atoms with Crippen molar-refractivity contribution >= 4 is 34.4 Å². The van der Waals surface area contributed by atoms with Crippen LogP contribution in [-0.4, -0.2) is 57.8 Å². The molecule has 2 fully saturated rings. The molecule has 34 heavy (non-hydrogen) atoms. The average molecular weight is 481 g/mol. The highest BCUT2D eigenvalue weighted by atomic mass is 35.5. The lowest BCUT2D eigenvalue weighted by molar-refractivity contribution is 0.0905. The van der Waals surface area contributed by atoms with Crippen molar-refractivity contribution in [1.82, 2.24) is 25.0 Å². The van der Waals surface area contributed by atoms with Crippen molar-refractivity contribution in [3.63, 3.8) is 0 Å². The Morgan fingerprint density at radius 3 is 2.50 bits per heavy atom. The number of rotatable bonds is 5. The molecule has 7 nitrogen and oxygen atoms in total. The summed E-state index contributed by atoms with van der Waals surface area (Å²) in [7, 11) is 1.87. The van der Waals surface area contributed by atoms with Crippen molar-refractivity contribution in [2.24, 2.45) is 7.05 Å². The van der Waals surface area contributed by atoms with Crippen LogP contribution in [0.5, 0.6) is 0 Å². The van der Waals surface area contributed by atoms with Gasteiger partial charge >= 0.3 is 0 Å². The van der Waals surface area contributed by atoms with Crippen LogP contribution < -0.4 is 10.2 Å². The average Bonchev–Trinajstić information content (AvgIpc) is 3.01. The number of pyridine rings is 1. The molecule has 4 heterocycles. The van der Waals surface area contributed by atoms with E-state index < -0.39 is 0 Å². The number of anilines is 1. The molecule has 2 aliphatic heterocycles. The number of fused-ring (bicyclic) bond motifs is 1. The summed E-state index contributed by atoms with van der Waals surface area (Å²) in [6.45, 7) is 4.79. The van der Waals surface area contributed by atoms with Crippen molar-refractivity contribution < 1.29 is 4.79 Å². The molecule has 2 aromatic heterocycles. The lowest BCUT2D eigenvalue weighted by Crippen LogP contribution is -2.44. The summed E-state index contributed by atoms with van der Waals surface area (Å²) in [4.78, 5) is 22.8. The van der Waals surface area contributed by atoms with Crippen LogP contribution in [0.25, 0.3) is 11.0 Å². The highest BCUT2D eigenvalue weighted by Crippen LogP contribution is 2.24. The maximum Gasteiger partial charge on any atom is 0.272 e. The molecule has 8 heteroatoms. The van der Waals surface area contributed by atoms with Gasteiger partial charge in [0.15, 0.2) is 11.3 Å². The second-order valence-corrected chi connectivity index (χ2v) is 9.94. The largest absolute Gasteiger partial charge is 0.357 e. The minimum Gasteiger partial charge on any atom is -0.357 e. The number of carbonyl (C=O) groups excluding carboxylic acids is 1. The Morgan fingerprint density at radius 1 is 1.03 bits per heavy atom. The van der Waals surface area contributed by atoms with Gasteiger partial charge in [-0.25, -0.2) is 9.67 Å². The van der Waals surface area contributed by atoms with Gasteiger partial charge < -0.3 is 10.2 Å². The van der Waals surface area contributed by atoms with E-state index in [1.165, 1.54) is 25.7 Å². The van der Waals surface area contributed by atoms with Gasteiger partial charge in [-0.3, -0.25) is 9.69 Å². The van der Waals surface area contributed by atoms with Crippen LogP contribution in [0.3, 0.4) is 0 Å². The lowest BCUT2D eigenvalue weighted by Gasteiger charge is -2.32. The maximum absolute atomic E-state index is 13.1. The Labute approximate surface area is 206 Å². The fraction of sp³-hybridized carbons (Fsp3) is 0.500. The summed E-state index contributed by atoms with van der Waals surface area (Å²) in [5.74, 6) is 0.870. The number of nitrogens with one attached hydrogen (secondary N) is 1. The molecule has 180 valence electrons. The first-order valence-electron chi connectivity index (χ1n) is 12.4. The molecule has 0 saturated carbocycles. The van der Waals surface area contributed by atoms with Crippen LogP contribution in [0, 0.1) is 0 Å². The molecule has 3 aromatic rings. The molecule has 0 atom stereocenters. The van der Waals surface area contributed by atoms with Crippen LogP contribution in [0.15, 0.2) is 36.4 Å². The van der Waals surface area contributed by atoms with Crippen molar-refractivity contribution in [1.29, 1.82) is 0 Å². The van der Waals surface area contributed by atoms with E-state index in [-0.39, 0.29) is 11.9 Å². The monoisotopic (exact) mass is 480 g/mol. The summed E-state index contributed by atoms with van der Waals surface area (Å²) in [6.07, 6.45) is 6.81. The van der Waals surface area contributed by atoms with Gasteiger partial charge in [0.25, 0.3) is 5.91 Å². The standard InChI is InChI=1S/C26H33ClN6O/c1-31-25-21(10-11-23(29-25)33-14-6-2-3-7-15-33)24(30-31)26(34)28-20-12-16-32(17-13-20)18-19-8-4-5-9-22(19)27/h4-5,8-11,20H,2-3,6-7,12-18H2,1H3,(H,28,34). The number of carbonyl (C=O) groups is 1. The highest BCUT2D eigenvalue weighted by molar-refractivity contribution is 6.31. The van der Waals surface area contributed by atoms with E-state index in [0.29, 0.717) is 5.69 Å². The Kier molecular flexibility index (Phi) is 7.02. The van der Waals surface area contributed by atoms with Crippen LogP contribution in [0.4, 0.5) is 5.82 Å². The first kappa shape index (κ1) is 23.1. The number of hydrogen-bond acceptors (Lipinski definition) is 5. The zero-order valence-electron chi connectivity index (χ0n) is 19.8. The third-order valence-electron chi connectivity index (χ3n) is 7.09. The van der Waals surface area contributed by atoms with Crippen LogP contribution in [-0.2, 0) is 13.6 Å². The van der Waals surface area contributed by atoms with Gasteiger partial charge in [-0.1, -0.05) is 42.6 Å². The van der Waals surface area contributed by atoms with E-state index in [1.54, 1.807) is 4.68 Å².